The fraction of sp³-hybridized carbons (Fsp3) is 0.550. The van der Waals surface area contributed by atoms with Crippen LogP contribution in [0.4, 0.5) is 5.69 Å². The molecule has 2 rings (SSSR count). The second-order valence-corrected chi connectivity index (χ2v) is 7.25. The predicted octanol–water partition coefficient (Wildman–Crippen LogP) is 2.41. The first-order valence-electron chi connectivity index (χ1n) is 9.26. The van der Waals surface area contributed by atoms with E-state index in [0.29, 0.717) is 36.6 Å². The van der Waals surface area contributed by atoms with Crippen LogP contribution in [0.2, 0.25) is 0 Å². The molecule has 1 aliphatic rings. The topological polar surface area (TPSA) is 69.7 Å². The van der Waals surface area contributed by atoms with E-state index in [9.17, 15) is 14.4 Å². The molecule has 6 nitrogen and oxygen atoms in total. The first-order valence-corrected chi connectivity index (χ1v) is 9.26. The average Bonchev–Trinajstić information content (AvgIpc) is 2.60. The lowest BCUT2D eigenvalue weighted by atomic mass is 10.1. The van der Waals surface area contributed by atoms with Crippen LogP contribution < -0.4 is 5.32 Å². The number of Topliss-reactive ketones (excluding diaryl/α,β-unsaturated/α-hetero) is 1. The summed E-state index contributed by atoms with van der Waals surface area (Å²) < 4.78 is 0. The van der Waals surface area contributed by atoms with Gasteiger partial charge in [0.1, 0.15) is 0 Å². The van der Waals surface area contributed by atoms with Crippen LogP contribution in [0, 0.1) is 5.92 Å². The van der Waals surface area contributed by atoms with Crippen molar-refractivity contribution in [2.75, 3.05) is 38.0 Å². The molecule has 1 fully saturated rings. The van der Waals surface area contributed by atoms with Crippen molar-refractivity contribution in [3.05, 3.63) is 29.8 Å². The zero-order valence-electron chi connectivity index (χ0n) is 16.0. The molecule has 0 unspecified atom stereocenters. The lowest BCUT2D eigenvalue weighted by Gasteiger charge is -2.35. The third kappa shape index (κ3) is 6.26. The Morgan fingerprint density at radius 2 is 1.65 bits per heavy atom. The molecular weight excluding hydrogens is 330 g/mol. The number of piperazine rings is 1. The van der Waals surface area contributed by atoms with E-state index in [2.05, 4.69) is 24.1 Å². The van der Waals surface area contributed by atoms with Gasteiger partial charge in [0.25, 0.3) is 0 Å². The van der Waals surface area contributed by atoms with Gasteiger partial charge in [-0.25, -0.2) is 0 Å². The Morgan fingerprint density at radius 3 is 2.19 bits per heavy atom. The summed E-state index contributed by atoms with van der Waals surface area (Å²) in [5, 5.41) is 2.85. The molecule has 1 heterocycles. The van der Waals surface area contributed by atoms with Gasteiger partial charge in [0.15, 0.2) is 5.78 Å². The molecule has 1 aromatic carbocycles. The van der Waals surface area contributed by atoms with Gasteiger partial charge in [-0.15, -0.1) is 0 Å². The van der Waals surface area contributed by atoms with Gasteiger partial charge in [0.05, 0.1) is 0 Å². The van der Waals surface area contributed by atoms with E-state index in [1.54, 1.807) is 24.3 Å². The zero-order chi connectivity index (χ0) is 19.1. The van der Waals surface area contributed by atoms with Crippen LogP contribution in [0.25, 0.3) is 0 Å². The van der Waals surface area contributed by atoms with Crippen molar-refractivity contribution in [2.24, 2.45) is 5.92 Å². The van der Waals surface area contributed by atoms with E-state index in [0.717, 1.165) is 26.2 Å². The number of benzene rings is 1. The van der Waals surface area contributed by atoms with Crippen molar-refractivity contribution in [1.29, 1.82) is 0 Å². The van der Waals surface area contributed by atoms with Crippen LogP contribution in [-0.4, -0.2) is 60.1 Å². The summed E-state index contributed by atoms with van der Waals surface area (Å²) in [5.41, 5.74) is 1.33. The van der Waals surface area contributed by atoms with E-state index < -0.39 is 0 Å². The molecule has 0 aliphatic carbocycles. The highest BCUT2D eigenvalue weighted by Gasteiger charge is 2.21. The van der Waals surface area contributed by atoms with Crippen LogP contribution in [0.15, 0.2) is 24.3 Å². The molecule has 1 N–H and O–H groups in total. The molecule has 142 valence electrons. The number of nitrogens with zero attached hydrogens (tertiary/aromatic N) is 2. The number of carbonyl (C=O) groups excluding carboxylic acids is 3. The number of hydrogen-bond acceptors (Lipinski definition) is 4. The summed E-state index contributed by atoms with van der Waals surface area (Å²) in [6.07, 6.45) is 1.01. The maximum atomic E-state index is 12.1. The number of amides is 2. The van der Waals surface area contributed by atoms with E-state index in [4.69, 9.17) is 0 Å². The largest absolute Gasteiger partial charge is 0.340 e. The quantitative estimate of drug-likeness (QED) is 0.759. The summed E-state index contributed by atoms with van der Waals surface area (Å²) in [7, 11) is 0. The fourth-order valence-corrected chi connectivity index (χ4v) is 2.97. The SMILES string of the molecule is CC(=O)c1ccc(NC(=O)CCN2CCN(C(=O)CC(C)C)CC2)cc1. The third-order valence-electron chi connectivity index (χ3n) is 4.54. The van der Waals surface area contributed by atoms with Crippen molar-refractivity contribution >= 4 is 23.3 Å². The molecule has 0 bridgehead atoms. The second kappa shape index (κ2) is 9.48. The van der Waals surface area contributed by atoms with Crippen molar-refractivity contribution in [3.8, 4) is 0 Å². The van der Waals surface area contributed by atoms with Crippen LogP contribution >= 0.6 is 0 Å². The molecule has 0 saturated carbocycles. The van der Waals surface area contributed by atoms with Crippen molar-refractivity contribution in [1.82, 2.24) is 9.80 Å². The molecule has 6 heteroatoms. The van der Waals surface area contributed by atoms with Gasteiger partial charge in [-0.1, -0.05) is 13.8 Å². The summed E-state index contributed by atoms with van der Waals surface area (Å²) >= 11 is 0. The number of carbonyl (C=O) groups is 3. The van der Waals surface area contributed by atoms with Gasteiger partial charge >= 0.3 is 0 Å². The molecule has 0 spiro atoms. The van der Waals surface area contributed by atoms with Crippen molar-refractivity contribution in [3.63, 3.8) is 0 Å². The molecule has 0 radical (unpaired) electrons. The van der Waals surface area contributed by atoms with E-state index >= 15 is 0 Å². The molecule has 26 heavy (non-hydrogen) atoms. The Hall–Kier alpha value is -2.21. The van der Waals surface area contributed by atoms with Gasteiger partial charge in [0, 0.05) is 56.8 Å². The van der Waals surface area contributed by atoms with Gasteiger partial charge in [-0.05, 0) is 37.1 Å². The minimum atomic E-state index is -0.0427. The predicted molar refractivity (Wildman–Crippen MR) is 102 cm³/mol. The maximum absolute atomic E-state index is 12.1. The Kier molecular flexibility index (Phi) is 7.33. The third-order valence-corrected chi connectivity index (χ3v) is 4.54. The number of ketones is 1. The first-order chi connectivity index (χ1) is 12.3. The molecular formula is C20H29N3O3. The lowest BCUT2D eigenvalue weighted by Crippen LogP contribution is -2.49. The number of hydrogen-bond donors (Lipinski definition) is 1. The first kappa shape index (κ1) is 20.1. The second-order valence-electron chi connectivity index (χ2n) is 7.25. The number of rotatable bonds is 7. The highest BCUT2D eigenvalue weighted by Crippen LogP contribution is 2.11. The van der Waals surface area contributed by atoms with Crippen molar-refractivity contribution in [2.45, 2.75) is 33.6 Å². The Labute approximate surface area is 155 Å². The molecule has 1 aliphatic heterocycles. The van der Waals surface area contributed by atoms with E-state index in [1.165, 1.54) is 6.92 Å². The van der Waals surface area contributed by atoms with Crippen LogP contribution in [-0.2, 0) is 9.59 Å². The Morgan fingerprint density at radius 1 is 1.04 bits per heavy atom. The minimum Gasteiger partial charge on any atom is -0.340 e. The van der Waals surface area contributed by atoms with Gasteiger partial charge in [-0.2, -0.15) is 0 Å². The number of nitrogens with one attached hydrogen (secondary N) is 1. The van der Waals surface area contributed by atoms with Gasteiger partial charge in [-0.3, -0.25) is 19.3 Å². The summed E-state index contributed by atoms with van der Waals surface area (Å²) in [5.74, 6) is 0.577. The smallest absolute Gasteiger partial charge is 0.225 e. The van der Waals surface area contributed by atoms with Gasteiger partial charge in [0.2, 0.25) is 11.8 Å². The minimum absolute atomic E-state index is 0.00824. The van der Waals surface area contributed by atoms with Crippen molar-refractivity contribution < 1.29 is 14.4 Å². The Bertz CT molecular complexity index is 632. The molecule has 1 aromatic rings. The van der Waals surface area contributed by atoms with Crippen LogP contribution in [0.1, 0.15) is 44.0 Å². The average molecular weight is 359 g/mol. The van der Waals surface area contributed by atoms with Gasteiger partial charge < -0.3 is 10.2 Å². The standard InChI is InChI=1S/C20H29N3O3/c1-15(2)14-20(26)23-12-10-22(11-13-23)9-8-19(25)21-18-6-4-17(5-7-18)16(3)24/h4-7,15H,8-14H2,1-3H3,(H,21,25). The highest BCUT2D eigenvalue weighted by molar-refractivity contribution is 5.95. The normalized spacial score (nSPS) is 15.2. The van der Waals surface area contributed by atoms with E-state index in [1.807, 2.05) is 4.90 Å². The molecule has 2 amide bonds. The summed E-state index contributed by atoms with van der Waals surface area (Å²) in [6.45, 7) is 9.41. The highest BCUT2D eigenvalue weighted by atomic mass is 16.2. The maximum Gasteiger partial charge on any atom is 0.225 e. The lowest BCUT2D eigenvalue weighted by molar-refractivity contribution is -0.134. The molecule has 1 saturated heterocycles. The number of anilines is 1. The van der Waals surface area contributed by atoms with Crippen LogP contribution in [0.5, 0.6) is 0 Å². The Balaban J connectivity index is 1.70. The van der Waals surface area contributed by atoms with Crippen LogP contribution in [0.3, 0.4) is 0 Å². The fourth-order valence-electron chi connectivity index (χ4n) is 2.97. The summed E-state index contributed by atoms with van der Waals surface area (Å²) in [6, 6.07) is 6.91. The molecule has 0 aromatic heterocycles. The molecule has 0 atom stereocenters. The monoisotopic (exact) mass is 359 g/mol. The van der Waals surface area contributed by atoms with E-state index in [-0.39, 0.29) is 17.6 Å². The summed E-state index contributed by atoms with van der Waals surface area (Å²) in [4.78, 5) is 39.6. The zero-order valence-corrected chi connectivity index (χ0v) is 16.0.